The molecule has 0 fully saturated rings. The average Bonchev–Trinajstić information content (AvgIpc) is 2.73. The molecule has 4 nitrogen and oxygen atoms in total. The van der Waals surface area contributed by atoms with Gasteiger partial charge < -0.3 is 4.74 Å². The van der Waals surface area contributed by atoms with Gasteiger partial charge in [0.05, 0.1) is 0 Å². The van der Waals surface area contributed by atoms with E-state index in [1.165, 1.54) is 25.7 Å². The summed E-state index contributed by atoms with van der Waals surface area (Å²) in [6.45, 7) is 6.54. The van der Waals surface area contributed by atoms with Crippen LogP contribution in [0.5, 0.6) is 5.75 Å². The number of aryl methyl sites for hydroxylation is 1. The SMILES string of the molecule is CCCCCCCC(C)=NNC(=O)c1ccc(COc2ccc(Cl)c(C)c2)cc1. The number of hydrogen-bond acceptors (Lipinski definition) is 3. The highest BCUT2D eigenvalue weighted by atomic mass is 35.5. The van der Waals surface area contributed by atoms with E-state index < -0.39 is 0 Å². The molecule has 2 rings (SSSR count). The third-order valence-electron chi connectivity index (χ3n) is 4.74. The van der Waals surface area contributed by atoms with E-state index in [4.69, 9.17) is 16.3 Å². The minimum atomic E-state index is -0.198. The summed E-state index contributed by atoms with van der Waals surface area (Å²) in [6.07, 6.45) is 7.05. The second-order valence-corrected chi connectivity index (χ2v) is 7.76. The van der Waals surface area contributed by atoms with Gasteiger partial charge in [-0.25, -0.2) is 5.43 Å². The lowest BCUT2D eigenvalue weighted by molar-refractivity contribution is 0.0954. The Hall–Kier alpha value is -2.33. The quantitative estimate of drug-likeness (QED) is 0.253. The summed E-state index contributed by atoms with van der Waals surface area (Å²) in [7, 11) is 0. The van der Waals surface area contributed by atoms with Crippen LogP contribution in [0.1, 0.15) is 73.9 Å². The number of nitrogens with zero attached hydrogens (tertiary/aromatic N) is 1. The van der Waals surface area contributed by atoms with E-state index in [0.29, 0.717) is 12.2 Å². The van der Waals surface area contributed by atoms with Crippen molar-refractivity contribution in [3.05, 3.63) is 64.2 Å². The Kier molecular flexibility index (Phi) is 9.72. The number of hydrogen-bond donors (Lipinski definition) is 1. The predicted octanol–water partition coefficient (Wildman–Crippen LogP) is 6.69. The van der Waals surface area contributed by atoms with Gasteiger partial charge in [0.25, 0.3) is 5.91 Å². The number of benzene rings is 2. The monoisotopic (exact) mass is 414 g/mol. The number of rotatable bonds is 11. The van der Waals surface area contributed by atoms with Crippen LogP contribution >= 0.6 is 11.6 Å². The molecule has 0 bridgehead atoms. The molecule has 2 aromatic carbocycles. The van der Waals surface area contributed by atoms with Gasteiger partial charge in [0.1, 0.15) is 12.4 Å². The maximum Gasteiger partial charge on any atom is 0.271 e. The van der Waals surface area contributed by atoms with Crippen LogP contribution in [0, 0.1) is 6.92 Å². The first kappa shape index (κ1) is 23.0. The van der Waals surface area contributed by atoms with E-state index in [-0.39, 0.29) is 5.91 Å². The summed E-state index contributed by atoms with van der Waals surface area (Å²) in [4.78, 5) is 12.3. The lowest BCUT2D eigenvalue weighted by Crippen LogP contribution is -2.19. The number of ether oxygens (including phenoxy) is 1. The molecular weight excluding hydrogens is 384 g/mol. The second-order valence-electron chi connectivity index (χ2n) is 7.35. The molecule has 0 aliphatic heterocycles. The Morgan fingerprint density at radius 3 is 2.48 bits per heavy atom. The van der Waals surface area contributed by atoms with Crippen LogP contribution in [0.4, 0.5) is 0 Å². The third-order valence-corrected chi connectivity index (χ3v) is 5.17. The molecule has 1 amide bonds. The van der Waals surface area contributed by atoms with Crippen molar-refractivity contribution in [1.29, 1.82) is 0 Å². The molecular formula is C24H31ClN2O2. The van der Waals surface area contributed by atoms with Gasteiger partial charge >= 0.3 is 0 Å². The summed E-state index contributed by atoms with van der Waals surface area (Å²) in [6, 6.07) is 12.9. The molecule has 0 radical (unpaired) electrons. The van der Waals surface area contributed by atoms with Crippen molar-refractivity contribution in [1.82, 2.24) is 5.43 Å². The minimum absolute atomic E-state index is 0.198. The first-order valence-corrected chi connectivity index (χ1v) is 10.7. The van der Waals surface area contributed by atoms with Crippen LogP contribution in [0.25, 0.3) is 0 Å². The molecule has 0 saturated heterocycles. The average molecular weight is 415 g/mol. The summed E-state index contributed by atoms with van der Waals surface area (Å²) < 4.78 is 5.79. The highest BCUT2D eigenvalue weighted by Gasteiger charge is 2.05. The van der Waals surface area contributed by atoms with Crippen LogP contribution in [-0.2, 0) is 6.61 Å². The second kappa shape index (κ2) is 12.3. The van der Waals surface area contributed by atoms with Gasteiger partial charge in [-0.15, -0.1) is 0 Å². The van der Waals surface area contributed by atoms with Gasteiger partial charge in [-0.1, -0.05) is 56.3 Å². The van der Waals surface area contributed by atoms with Crippen molar-refractivity contribution in [3.63, 3.8) is 0 Å². The van der Waals surface area contributed by atoms with Crippen molar-refractivity contribution in [3.8, 4) is 5.75 Å². The first-order chi connectivity index (χ1) is 14.0. The lowest BCUT2D eigenvalue weighted by Gasteiger charge is -2.08. The van der Waals surface area contributed by atoms with Crippen molar-refractivity contribution in [2.24, 2.45) is 5.10 Å². The number of amides is 1. The van der Waals surface area contributed by atoms with Crippen LogP contribution in [0.3, 0.4) is 0 Å². The molecule has 0 heterocycles. The Bertz CT molecular complexity index is 816. The number of carbonyl (C=O) groups excluding carboxylic acids is 1. The third kappa shape index (κ3) is 8.28. The Morgan fingerprint density at radius 2 is 1.79 bits per heavy atom. The maximum absolute atomic E-state index is 12.3. The van der Waals surface area contributed by atoms with Gasteiger partial charge in [-0.3, -0.25) is 4.79 Å². The molecule has 5 heteroatoms. The van der Waals surface area contributed by atoms with Crippen LogP contribution in [-0.4, -0.2) is 11.6 Å². The fraction of sp³-hybridized carbons (Fsp3) is 0.417. The molecule has 0 aromatic heterocycles. The van der Waals surface area contributed by atoms with Crippen LogP contribution in [0.2, 0.25) is 5.02 Å². The van der Waals surface area contributed by atoms with E-state index in [1.54, 1.807) is 12.1 Å². The van der Waals surface area contributed by atoms with Gasteiger partial charge in [-0.2, -0.15) is 5.10 Å². The smallest absolute Gasteiger partial charge is 0.271 e. The summed E-state index contributed by atoms with van der Waals surface area (Å²) >= 11 is 6.03. The Morgan fingerprint density at radius 1 is 1.07 bits per heavy atom. The molecule has 0 aliphatic rings. The van der Waals surface area contributed by atoms with E-state index in [2.05, 4.69) is 17.5 Å². The number of halogens is 1. The molecule has 156 valence electrons. The number of nitrogens with one attached hydrogen (secondary N) is 1. The van der Waals surface area contributed by atoms with Crippen molar-refractivity contribution < 1.29 is 9.53 Å². The van der Waals surface area contributed by atoms with Crippen molar-refractivity contribution in [2.75, 3.05) is 0 Å². The molecule has 2 aromatic rings. The summed E-state index contributed by atoms with van der Waals surface area (Å²) in [5.41, 5.74) is 6.15. The molecule has 0 aliphatic carbocycles. The number of unbranched alkanes of at least 4 members (excludes halogenated alkanes) is 4. The maximum atomic E-state index is 12.3. The van der Waals surface area contributed by atoms with Gasteiger partial charge in [0, 0.05) is 16.3 Å². The highest BCUT2D eigenvalue weighted by molar-refractivity contribution is 6.31. The molecule has 0 saturated carbocycles. The largest absolute Gasteiger partial charge is 0.489 e. The van der Waals surface area contributed by atoms with Crippen molar-refractivity contribution in [2.45, 2.75) is 65.9 Å². The van der Waals surface area contributed by atoms with Crippen LogP contribution < -0.4 is 10.2 Å². The van der Waals surface area contributed by atoms with Gasteiger partial charge in [-0.05, 0) is 68.1 Å². The fourth-order valence-corrected chi connectivity index (χ4v) is 2.99. The Balaban J connectivity index is 1.78. The van der Waals surface area contributed by atoms with Gasteiger partial charge in [0.2, 0.25) is 0 Å². The van der Waals surface area contributed by atoms with E-state index in [0.717, 1.165) is 40.5 Å². The van der Waals surface area contributed by atoms with Crippen LogP contribution in [0.15, 0.2) is 47.6 Å². The fourth-order valence-electron chi connectivity index (χ4n) is 2.88. The standard InChI is InChI=1S/C24H31ClN2O2/c1-4-5-6-7-8-9-19(3)26-27-24(28)21-12-10-20(11-13-21)17-29-22-14-15-23(25)18(2)16-22/h10-16H,4-9,17H2,1-3H3,(H,27,28). The van der Waals surface area contributed by atoms with Crippen molar-refractivity contribution >= 4 is 23.2 Å². The lowest BCUT2D eigenvalue weighted by atomic mass is 10.1. The Labute approximate surface area is 179 Å². The topological polar surface area (TPSA) is 50.7 Å². The van der Waals surface area contributed by atoms with E-state index >= 15 is 0 Å². The summed E-state index contributed by atoms with van der Waals surface area (Å²) in [5.74, 6) is 0.573. The molecule has 1 N–H and O–H groups in total. The zero-order valence-corrected chi connectivity index (χ0v) is 18.4. The zero-order chi connectivity index (χ0) is 21.1. The molecule has 29 heavy (non-hydrogen) atoms. The van der Waals surface area contributed by atoms with E-state index in [1.807, 2.05) is 44.2 Å². The van der Waals surface area contributed by atoms with E-state index in [9.17, 15) is 4.79 Å². The zero-order valence-electron chi connectivity index (χ0n) is 17.6. The number of hydrazone groups is 1. The predicted molar refractivity (Wildman–Crippen MR) is 121 cm³/mol. The van der Waals surface area contributed by atoms with Gasteiger partial charge in [0.15, 0.2) is 0 Å². The normalized spacial score (nSPS) is 11.4. The molecule has 0 atom stereocenters. The molecule has 0 unspecified atom stereocenters. The minimum Gasteiger partial charge on any atom is -0.489 e. The summed E-state index contributed by atoms with van der Waals surface area (Å²) in [5, 5.41) is 4.94. The first-order valence-electron chi connectivity index (χ1n) is 10.3. The highest BCUT2D eigenvalue weighted by Crippen LogP contribution is 2.22. The number of carbonyl (C=O) groups is 1. The molecule has 0 spiro atoms.